The normalized spacial score (nSPS) is 11.5. The molecule has 0 spiro atoms. The van der Waals surface area contributed by atoms with E-state index < -0.39 is 23.5 Å². The van der Waals surface area contributed by atoms with E-state index in [1.54, 1.807) is 20.8 Å². The number of anilines is 1. The Hall–Kier alpha value is -3.09. The first-order valence-electron chi connectivity index (χ1n) is 8.52. The van der Waals surface area contributed by atoms with Crippen LogP contribution in [-0.2, 0) is 6.18 Å². The van der Waals surface area contributed by atoms with Crippen molar-refractivity contribution >= 4 is 11.6 Å². The van der Waals surface area contributed by atoms with Gasteiger partial charge in [0.2, 0.25) is 0 Å². The van der Waals surface area contributed by atoms with E-state index >= 15 is 0 Å². The van der Waals surface area contributed by atoms with Gasteiger partial charge in [0.15, 0.2) is 0 Å². The van der Waals surface area contributed by atoms with Crippen molar-refractivity contribution in [2.75, 3.05) is 5.32 Å². The van der Waals surface area contributed by atoms with Crippen LogP contribution in [0.15, 0.2) is 48.5 Å². The molecule has 1 heterocycles. The van der Waals surface area contributed by atoms with E-state index in [0.29, 0.717) is 22.6 Å². The second-order valence-corrected chi connectivity index (χ2v) is 6.55. The van der Waals surface area contributed by atoms with Crippen LogP contribution in [0.1, 0.15) is 32.9 Å². The zero-order valence-corrected chi connectivity index (χ0v) is 15.5. The molecule has 1 aromatic heterocycles. The molecule has 0 aliphatic rings. The van der Waals surface area contributed by atoms with Crippen LogP contribution < -0.4 is 5.32 Å². The number of hydrogen-bond donors (Lipinski definition) is 1. The van der Waals surface area contributed by atoms with Crippen molar-refractivity contribution in [2.24, 2.45) is 0 Å². The molecular weight excluding hydrogens is 372 g/mol. The maximum atomic E-state index is 13.4. The second-order valence-electron chi connectivity index (χ2n) is 6.55. The summed E-state index contributed by atoms with van der Waals surface area (Å²) in [5.41, 5.74) is 1.29. The minimum atomic E-state index is -4.52. The number of nitrogens with one attached hydrogen (secondary N) is 1. The van der Waals surface area contributed by atoms with Gasteiger partial charge in [0.25, 0.3) is 5.91 Å². The Kier molecular flexibility index (Phi) is 5.02. The number of para-hydroxylation sites is 1. The van der Waals surface area contributed by atoms with Gasteiger partial charge >= 0.3 is 6.18 Å². The van der Waals surface area contributed by atoms with Gasteiger partial charge in [-0.25, -0.2) is 4.39 Å². The Morgan fingerprint density at radius 3 is 2.32 bits per heavy atom. The Labute approximate surface area is 159 Å². The molecule has 3 nitrogen and oxygen atoms in total. The van der Waals surface area contributed by atoms with Gasteiger partial charge in [-0.15, -0.1) is 0 Å². The minimum Gasteiger partial charge on any atom is -0.322 e. The van der Waals surface area contributed by atoms with Crippen LogP contribution >= 0.6 is 0 Å². The Balaban J connectivity index is 2.03. The molecule has 7 heteroatoms. The van der Waals surface area contributed by atoms with E-state index in [2.05, 4.69) is 5.32 Å². The molecule has 0 bridgehead atoms. The van der Waals surface area contributed by atoms with Crippen molar-refractivity contribution in [1.29, 1.82) is 0 Å². The first-order valence-corrected chi connectivity index (χ1v) is 8.52. The zero-order valence-electron chi connectivity index (χ0n) is 15.5. The fraction of sp³-hybridized carbons (Fsp3) is 0.190. The Morgan fingerprint density at radius 2 is 1.68 bits per heavy atom. The third kappa shape index (κ3) is 3.65. The van der Waals surface area contributed by atoms with Crippen LogP contribution in [0.3, 0.4) is 0 Å². The summed E-state index contributed by atoms with van der Waals surface area (Å²) in [6.07, 6.45) is -4.52. The molecule has 0 saturated carbocycles. The molecule has 2 aromatic carbocycles. The minimum absolute atomic E-state index is 0.0398. The maximum Gasteiger partial charge on any atom is 0.418 e. The van der Waals surface area contributed by atoms with Crippen LogP contribution in [0, 0.1) is 26.6 Å². The lowest BCUT2D eigenvalue weighted by Crippen LogP contribution is -2.15. The maximum absolute atomic E-state index is 13.4. The number of rotatable bonds is 3. The highest BCUT2D eigenvalue weighted by atomic mass is 19.4. The fourth-order valence-electron chi connectivity index (χ4n) is 3.23. The fourth-order valence-corrected chi connectivity index (χ4v) is 3.23. The second kappa shape index (κ2) is 7.14. The molecule has 3 aromatic rings. The van der Waals surface area contributed by atoms with Crippen molar-refractivity contribution in [1.82, 2.24) is 4.57 Å². The van der Waals surface area contributed by atoms with Gasteiger partial charge in [-0.3, -0.25) is 4.79 Å². The first kappa shape index (κ1) is 19.7. The predicted octanol–water partition coefficient (Wildman–Crippen LogP) is 5.81. The monoisotopic (exact) mass is 390 g/mol. The average Bonchev–Trinajstić information content (AvgIpc) is 2.91. The number of halogens is 4. The van der Waals surface area contributed by atoms with Crippen molar-refractivity contribution in [2.45, 2.75) is 26.9 Å². The molecule has 0 unspecified atom stereocenters. The van der Waals surface area contributed by atoms with Crippen LogP contribution in [0.4, 0.5) is 23.2 Å². The standard InChI is InChI=1S/C21H18F4N2O/c1-12-10-15(22)8-9-18(12)26-20(28)16-11-13(2)27(14(16)3)19-7-5-4-6-17(19)21(23,24)25/h4-11H,1-3H3,(H,26,28). The number of carbonyl (C=O) groups is 1. The molecule has 0 fully saturated rings. The highest BCUT2D eigenvalue weighted by Gasteiger charge is 2.34. The molecule has 1 N–H and O–H groups in total. The van der Waals surface area contributed by atoms with Gasteiger partial charge in [0.05, 0.1) is 16.8 Å². The molecule has 3 rings (SSSR count). The Morgan fingerprint density at radius 1 is 1.00 bits per heavy atom. The van der Waals surface area contributed by atoms with Crippen LogP contribution in [0.2, 0.25) is 0 Å². The summed E-state index contributed by atoms with van der Waals surface area (Å²) >= 11 is 0. The van der Waals surface area contributed by atoms with Gasteiger partial charge in [0, 0.05) is 17.1 Å². The quantitative estimate of drug-likeness (QED) is 0.563. The summed E-state index contributed by atoms with van der Waals surface area (Å²) in [5.74, 6) is -0.893. The molecular formula is C21H18F4N2O. The van der Waals surface area contributed by atoms with Gasteiger partial charge in [-0.1, -0.05) is 12.1 Å². The van der Waals surface area contributed by atoms with Gasteiger partial charge in [-0.05, 0) is 62.7 Å². The molecule has 146 valence electrons. The van der Waals surface area contributed by atoms with Gasteiger partial charge in [0.1, 0.15) is 5.82 Å². The lowest BCUT2D eigenvalue weighted by molar-refractivity contribution is -0.137. The smallest absolute Gasteiger partial charge is 0.322 e. The molecule has 0 radical (unpaired) electrons. The molecule has 1 amide bonds. The number of amides is 1. The Bertz CT molecular complexity index is 1050. The van der Waals surface area contributed by atoms with E-state index in [9.17, 15) is 22.4 Å². The third-order valence-corrected chi connectivity index (χ3v) is 4.56. The largest absolute Gasteiger partial charge is 0.418 e. The number of nitrogens with zero attached hydrogens (tertiary/aromatic N) is 1. The van der Waals surface area contributed by atoms with E-state index in [4.69, 9.17) is 0 Å². The van der Waals surface area contributed by atoms with Gasteiger partial charge < -0.3 is 9.88 Å². The number of alkyl halides is 3. The van der Waals surface area contributed by atoms with Crippen molar-refractivity contribution < 1.29 is 22.4 Å². The van der Waals surface area contributed by atoms with Crippen molar-refractivity contribution in [3.8, 4) is 5.69 Å². The zero-order chi connectivity index (χ0) is 20.6. The highest BCUT2D eigenvalue weighted by molar-refractivity contribution is 6.05. The first-order chi connectivity index (χ1) is 13.1. The molecule has 0 saturated heterocycles. The molecule has 0 aliphatic carbocycles. The van der Waals surface area contributed by atoms with Crippen molar-refractivity contribution in [3.05, 3.63) is 82.4 Å². The molecule has 0 aliphatic heterocycles. The third-order valence-electron chi connectivity index (χ3n) is 4.56. The van der Waals surface area contributed by atoms with E-state index in [1.165, 1.54) is 47.0 Å². The van der Waals surface area contributed by atoms with E-state index in [0.717, 1.165) is 6.07 Å². The number of aryl methyl sites for hydroxylation is 2. The number of hydrogen-bond acceptors (Lipinski definition) is 1. The molecule has 0 atom stereocenters. The summed E-state index contributed by atoms with van der Waals surface area (Å²) in [4.78, 5) is 12.7. The topological polar surface area (TPSA) is 34.0 Å². The average molecular weight is 390 g/mol. The number of carbonyl (C=O) groups excluding carboxylic acids is 1. The molecule has 28 heavy (non-hydrogen) atoms. The lowest BCUT2D eigenvalue weighted by atomic mass is 10.1. The highest BCUT2D eigenvalue weighted by Crippen LogP contribution is 2.35. The van der Waals surface area contributed by atoms with Crippen LogP contribution in [-0.4, -0.2) is 10.5 Å². The van der Waals surface area contributed by atoms with Gasteiger partial charge in [-0.2, -0.15) is 13.2 Å². The van der Waals surface area contributed by atoms with Crippen LogP contribution in [0.5, 0.6) is 0 Å². The van der Waals surface area contributed by atoms with E-state index in [-0.39, 0.29) is 11.3 Å². The van der Waals surface area contributed by atoms with Crippen LogP contribution in [0.25, 0.3) is 5.69 Å². The predicted molar refractivity (Wildman–Crippen MR) is 99.3 cm³/mol. The summed E-state index contributed by atoms with van der Waals surface area (Å²) in [5, 5.41) is 2.69. The SMILES string of the molecule is Cc1cc(F)ccc1NC(=O)c1cc(C)n(-c2ccccc2C(F)(F)F)c1C. The summed E-state index contributed by atoms with van der Waals surface area (Å²) < 4.78 is 54.9. The lowest BCUT2D eigenvalue weighted by Gasteiger charge is -2.17. The number of benzene rings is 2. The number of aromatic nitrogens is 1. The summed E-state index contributed by atoms with van der Waals surface area (Å²) in [6, 6.07) is 10.7. The summed E-state index contributed by atoms with van der Waals surface area (Å²) in [6.45, 7) is 4.88. The van der Waals surface area contributed by atoms with E-state index in [1.807, 2.05) is 0 Å². The summed E-state index contributed by atoms with van der Waals surface area (Å²) in [7, 11) is 0. The van der Waals surface area contributed by atoms with Crippen molar-refractivity contribution in [3.63, 3.8) is 0 Å².